The quantitative estimate of drug-likeness (QED) is 0.306. The summed E-state index contributed by atoms with van der Waals surface area (Å²) in [7, 11) is 0. The molecule has 7 heteroatoms. The van der Waals surface area contributed by atoms with Gasteiger partial charge in [-0.05, 0) is 55.6 Å². The first-order valence-electron chi connectivity index (χ1n) is 15.3. The largest absolute Gasteiger partial charge is 0.481 e. The van der Waals surface area contributed by atoms with Crippen LogP contribution in [0.2, 0.25) is 0 Å². The molecule has 5 rings (SSSR count). The Kier molecular flexibility index (Phi) is 10.00. The maximum Gasteiger partial charge on any atom is 0.305 e. The van der Waals surface area contributed by atoms with Crippen LogP contribution < -0.4 is 4.90 Å². The van der Waals surface area contributed by atoms with Crippen molar-refractivity contribution >= 4 is 17.8 Å². The van der Waals surface area contributed by atoms with E-state index in [4.69, 9.17) is 9.97 Å². The number of hydrogen-bond acceptors (Lipinski definition) is 5. The number of amides is 1. The Morgan fingerprint density at radius 2 is 1.51 bits per heavy atom. The highest BCUT2D eigenvalue weighted by atomic mass is 16.4. The Morgan fingerprint density at radius 3 is 2.17 bits per heavy atom. The first-order valence-corrected chi connectivity index (χ1v) is 15.3. The van der Waals surface area contributed by atoms with E-state index in [1.165, 1.54) is 12.0 Å². The molecule has 1 N–H and O–H groups in total. The molecule has 0 unspecified atom stereocenters. The number of aromatic nitrogens is 2. The van der Waals surface area contributed by atoms with Gasteiger partial charge < -0.3 is 14.9 Å². The average molecular weight is 555 g/mol. The summed E-state index contributed by atoms with van der Waals surface area (Å²) in [4.78, 5) is 39.2. The Bertz CT molecular complexity index is 1270. The minimum absolute atomic E-state index is 0.0871. The number of carbonyl (C=O) groups excluding carboxylic acids is 1. The van der Waals surface area contributed by atoms with E-state index >= 15 is 0 Å². The number of aliphatic carboxylic acids is 1. The van der Waals surface area contributed by atoms with E-state index in [1.54, 1.807) is 11.1 Å². The predicted molar refractivity (Wildman–Crippen MR) is 161 cm³/mol. The minimum Gasteiger partial charge on any atom is -0.481 e. The Morgan fingerprint density at radius 1 is 0.854 bits per heavy atom. The highest BCUT2D eigenvalue weighted by Gasteiger charge is 2.29. The van der Waals surface area contributed by atoms with Crippen LogP contribution in [-0.4, -0.2) is 58.0 Å². The van der Waals surface area contributed by atoms with Crippen molar-refractivity contribution in [3.05, 3.63) is 89.2 Å². The van der Waals surface area contributed by atoms with E-state index in [-0.39, 0.29) is 24.8 Å². The molecular formula is C34H42N4O3. The van der Waals surface area contributed by atoms with Crippen molar-refractivity contribution in [2.75, 3.05) is 31.1 Å². The molecule has 1 aliphatic carbocycles. The lowest BCUT2D eigenvalue weighted by Gasteiger charge is -2.33. The van der Waals surface area contributed by atoms with Crippen LogP contribution in [0.5, 0.6) is 0 Å². The standard InChI is InChI=1S/C34H42N4O3/c39-31(40)19-23-37(20-16-26-10-4-1-5-11-26)33(41)30-25-35-34(36-32(30)29-14-8-3-9-15-29)38-21-17-28(18-22-38)24-27-12-6-2-7-13-27/h1-2,4-7,10-13,25,28-29H,3,8-9,14-24H2,(H,39,40). The van der Waals surface area contributed by atoms with Crippen molar-refractivity contribution in [3.8, 4) is 0 Å². The van der Waals surface area contributed by atoms with Gasteiger partial charge in [0.2, 0.25) is 5.95 Å². The molecule has 1 saturated carbocycles. The number of nitrogens with zero attached hydrogens (tertiary/aromatic N) is 4. The van der Waals surface area contributed by atoms with Crippen LogP contribution in [0.25, 0.3) is 0 Å². The van der Waals surface area contributed by atoms with E-state index in [9.17, 15) is 14.7 Å². The van der Waals surface area contributed by atoms with Crippen molar-refractivity contribution in [1.82, 2.24) is 14.9 Å². The number of anilines is 1. The molecule has 0 atom stereocenters. The van der Waals surface area contributed by atoms with E-state index in [0.717, 1.165) is 75.2 Å². The molecule has 0 bridgehead atoms. The molecule has 0 radical (unpaired) electrons. The molecule has 2 fully saturated rings. The van der Waals surface area contributed by atoms with Crippen LogP contribution in [0.15, 0.2) is 66.9 Å². The summed E-state index contributed by atoms with van der Waals surface area (Å²) in [5.41, 5.74) is 3.91. The van der Waals surface area contributed by atoms with E-state index in [0.29, 0.717) is 24.4 Å². The monoisotopic (exact) mass is 554 g/mol. The lowest BCUT2D eigenvalue weighted by Crippen LogP contribution is -2.37. The number of carbonyl (C=O) groups is 2. The van der Waals surface area contributed by atoms with Crippen molar-refractivity contribution in [1.29, 1.82) is 0 Å². The molecule has 7 nitrogen and oxygen atoms in total. The van der Waals surface area contributed by atoms with Gasteiger partial charge >= 0.3 is 5.97 Å². The molecule has 2 heterocycles. The summed E-state index contributed by atoms with van der Waals surface area (Å²) < 4.78 is 0. The second-order valence-electron chi connectivity index (χ2n) is 11.6. The first kappa shape index (κ1) is 28.8. The van der Waals surface area contributed by atoms with E-state index < -0.39 is 5.97 Å². The second kappa shape index (κ2) is 14.2. The normalized spacial score (nSPS) is 16.4. The van der Waals surface area contributed by atoms with Crippen LogP contribution in [0.3, 0.4) is 0 Å². The van der Waals surface area contributed by atoms with Gasteiger partial charge in [-0.2, -0.15) is 0 Å². The number of benzene rings is 2. The SMILES string of the molecule is O=C(O)CCN(CCc1ccccc1)C(=O)c1cnc(N2CCC(Cc3ccccc3)CC2)nc1C1CCCCC1. The van der Waals surface area contributed by atoms with Gasteiger partial charge in [0, 0.05) is 38.3 Å². The summed E-state index contributed by atoms with van der Waals surface area (Å²) >= 11 is 0. The molecule has 41 heavy (non-hydrogen) atoms. The Balaban J connectivity index is 1.33. The molecule has 1 aromatic heterocycles. The summed E-state index contributed by atoms with van der Waals surface area (Å²) in [6, 6.07) is 20.7. The summed E-state index contributed by atoms with van der Waals surface area (Å²) in [6.07, 6.45) is 11.1. The third kappa shape index (κ3) is 7.93. The van der Waals surface area contributed by atoms with Crippen molar-refractivity contribution in [3.63, 3.8) is 0 Å². The number of hydrogen-bond donors (Lipinski definition) is 1. The molecule has 0 spiro atoms. The van der Waals surface area contributed by atoms with Gasteiger partial charge in [0.25, 0.3) is 5.91 Å². The summed E-state index contributed by atoms with van der Waals surface area (Å²) in [6.45, 7) is 2.45. The van der Waals surface area contributed by atoms with Crippen LogP contribution in [0.4, 0.5) is 5.95 Å². The zero-order valence-electron chi connectivity index (χ0n) is 24.0. The third-order valence-corrected chi connectivity index (χ3v) is 8.69. The fraction of sp³-hybridized carbons (Fsp3) is 0.471. The molecular weight excluding hydrogens is 512 g/mol. The van der Waals surface area contributed by atoms with Gasteiger partial charge in [-0.1, -0.05) is 79.9 Å². The highest BCUT2D eigenvalue weighted by Crippen LogP contribution is 2.35. The van der Waals surface area contributed by atoms with Gasteiger partial charge in [-0.3, -0.25) is 9.59 Å². The summed E-state index contributed by atoms with van der Waals surface area (Å²) in [5, 5.41) is 9.37. The molecule has 2 aromatic carbocycles. The zero-order chi connectivity index (χ0) is 28.4. The smallest absolute Gasteiger partial charge is 0.305 e. The zero-order valence-corrected chi connectivity index (χ0v) is 24.0. The maximum absolute atomic E-state index is 14.0. The molecule has 3 aromatic rings. The van der Waals surface area contributed by atoms with Gasteiger partial charge in [-0.25, -0.2) is 9.97 Å². The molecule has 1 amide bonds. The topological polar surface area (TPSA) is 86.6 Å². The second-order valence-corrected chi connectivity index (χ2v) is 11.6. The van der Waals surface area contributed by atoms with Crippen molar-refractivity contribution in [2.24, 2.45) is 5.92 Å². The van der Waals surface area contributed by atoms with E-state index in [2.05, 4.69) is 35.2 Å². The highest BCUT2D eigenvalue weighted by molar-refractivity contribution is 5.95. The fourth-order valence-corrected chi connectivity index (χ4v) is 6.30. The van der Waals surface area contributed by atoms with Crippen LogP contribution in [-0.2, 0) is 17.6 Å². The Hall–Kier alpha value is -3.74. The molecule has 216 valence electrons. The molecule has 2 aliphatic rings. The lowest BCUT2D eigenvalue weighted by molar-refractivity contribution is -0.137. The summed E-state index contributed by atoms with van der Waals surface area (Å²) in [5.74, 6) is 0.546. The van der Waals surface area contributed by atoms with Gasteiger partial charge in [0.15, 0.2) is 0 Å². The fourth-order valence-electron chi connectivity index (χ4n) is 6.30. The predicted octanol–water partition coefficient (Wildman–Crippen LogP) is 6.14. The first-order chi connectivity index (χ1) is 20.1. The van der Waals surface area contributed by atoms with Crippen molar-refractivity contribution < 1.29 is 14.7 Å². The van der Waals surface area contributed by atoms with Crippen LogP contribution in [0, 0.1) is 5.92 Å². The number of carboxylic acids is 1. The lowest BCUT2D eigenvalue weighted by atomic mass is 9.85. The number of rotatable bonds is 11. The third-order valence-electron chi connectivity index (χ3n) is 8.69. The van der Waals surface area contributed by atoms with Gasteiger partial charge in [-0.15, -0.1) is 0 Å². The molecule has 1 aliphatic heterocycles. The maximum atomic E-state index is 14.0. The Labute approximate surface area is 243 Å². The number of piperidine rings is 1. The van der Waals surface area contributed by atoms with Crippen LogP contribution in [0.1, 0.15) is 84.5 Å². The number of carboxylic acid groups (broad SMARTS) is 1. The van der Waals surface area contributed by atoms with E-state index in [1.807, 2.05) is 30.3 Å². The van der Waals surface area contributed by atoms with Crippen LogP contribution >= 0.6 is 0 Å². The minimum atomic E-state index is -0.905. The average Bonchev–Trinajstić information content (AvgIpc) is 3.02. The molecule has 1 saturated heterocycles. The van der Waals surface area contributed by atoms with Gasteiger partial charge in [0.1, 0.15) is 0 Å². The van der Waals surface area contributed by atoms with Crippen molar-refractivity contribution in [2.45, 2.75) is 70.1 Å². The van der Waals surface area contributed by atoms with Gasteiger partial charge in [0.05, 0.1) is 17.7 Å².